The van der Waals surface area contributed by atoms with Crippen molar-refractivity contribution in [3.8, 4) is 17.0 Å². The number of nitrogens with two attached hydrogens (primary N) is 1. The number of benzene rings is 1. The number of aromatic nitrogens is 1. The zero-order valence-electron chi connectivity index (χ0n) is 20.5. The molecule has 5 rings (SSSR count). The van der Waals surface area contributed by atoms with Crippen LogP contribution in [0.25, 0.3) is 11.3 Å². The Morgan fingerprint density at radius 2 is 1.79 bits per heavy atom. The summed E-state index contributed by atoms with van der Waals surface area (Å²) in [6, 6.07) is 6.33. The molecule has 5 nitrogen and oxygen atoms in total. The van der Waals surface area contributed by atoms with Gasteiger partial charge in [-0.2, -0.15) is 0 Å². The maximum absolute atomic E-state index is 12.5. The molecule has 1 aromatic carbocycles. The van der Waals surface area contributed by atoms with Gasteiger partial charge in [0.1, 0.15) is 10.6 Å². The molecule has 3 aliphatic rings. The summed E-state index contributed by atoms with van der Waals surface area (Å²) in [7, 11) is -3.80. The minimum absolute atomic E-state index is 0.0773. The summed E-state index contributed by atoms with van der Waals surface area (Å²) >= 11 is 0. The fraction of sp³-hybridized carbons (Fsp3) is 0.630. The first-order valence-corrected chi connectivity index (χ1v) is 14.1. The van der Waals surface area contributed by atoms with E-state index in [1.807, 2.05) is 13.0 Å². The van der Waals surface area contributed by atoms with Crippen LogP contribution in [0.5, 0.6) is 5.75 Å². The Balaban J connectivity index is 1.70. The second-order valence-corrected chi connectivity index (χ2v) is 13.2. The third kappa shape index (κ3) is 4.14. The van der Waals surface area contributed by atoms with Crippen molar-refractivity contribution in [2.24, 2.45) is 11.1 Å². The number of primary sulfonamides is 1. The third-order valence-corrected chi connectivity index (χ3v) is 9.26. The van der Waals surface area contributed by atoms with Gasteiger partial charge in [0.05, 0.1) is 6.61 Å². The summed E-state index contributed by atoms with van der Waals surface area (Å²) in [5, 5.41) is 5.65. The third-order valence-electron chi connectivity index (χ3n) is 8.24. The van der Waals surface area contributed by atoms with Crippen molar-refractivity contribution >= 4 is 10.0 Å². The van der Waals surface area contributed by atoms with E-state index in [1.165, 1.54) is 56.1 Å². The summed E-state index contributed by atoms with van der Waals surface area (Å²) in [6.07, 6.45) is 9.72. The van der Waals surface area contributed by atoms with Crippen molar-refractivity contribution in [3.63, 3.8) is 0 Å². The minimum atomic E-state index is -3.80. The van der Waals surface area contributed by atoms with Gasteiger partial charge >= 0.3 is 0 Å². The molecule has 1 aromatic heterocycles. The number of sulfonamides is 1. The highest BCUT2D eigenvalue weighted by Gasteiger charge is 2.49. The van der Waals surface area contributed by atoms with E-state index >= 15 is 0 Å². The van der Waals surface area contributed by atoms with Crippen LogP contribution >= 0.6 is 0 Å². The predicted octanol–water partition coefficient (Wildman–Crippen LogP) is 5.80. The van der Waals surface area contributed by atoms with Gasteiger partial charge in [-0.1, -0.05) is 40.0 Å². The lowest BCUT2D eigenvalue weighted by atomic mass is 9.79. The molecule has 0 atom stereocenters. The van der Waals surface area contributed by atoms with Crippen LogP contribution in [0.4, 0.5) is 0 Å². The molecule has 0 saturated heterocycles. The average Bonchev–Trinajstić information content (AvgIpc) is 3.44. The van der Waals surface area contributed by atoms with E-state index in [0.717, 1.165) is 42.3 Å². The largest absolute Gasteiger partial charge is 0.493 e. The normalized spacial score (nSPS) is 20.5. The first-order chi connectivity index (χ1) is 15.5. The SMILES string of the molecule is Cc1c(S(N)(=O)=O)cc(-c2cc(C(C)(C)C)c3c(c2)C2(CCO3)CC2)n1CC1CCCCC1. The molecule has 0 bridgehead atoms. The van der Waals surface area contributed by atoms with Gasteiger partial charge in [0.2, 0.25) is 10.0 Å². The van der Waals surface area contributed by atoms with Crippen LogP contribution < -0.4 is 9.88 Å². The lowest BCUT2D eigenvalue weighted by Crippen LogP contribution is -2.24. The summed E-state index contributed by atoms with van der Waals surface area (Å²) in [5.74, 6) is 1.64. The smallest absolute Gasteiger partial charge is 0.239 e. The topological polar surface area (TPSA) is 74.3 Å². The fourth-order valence-electron chi connectivity index (χ4n) is 6.05. The van der Waals surface area contributed by atoms with Crippen LogP contribution in [0.2, 0.25) is 0 Å². The average molecular weight is 471 g/mol. The Hall–Kier alpha value is -1.79. The van der Waals surface area contributed by atoms with Crippen molar-refractivity contribution in [1.29, 1.82) is 0 Å². The lowest BCUT2D eigenvalue weighted by Gasteiger charge is -2.33. The van der Waals surface area contributed by atoms with Gasteiger partial charge in [-0.15, -0.1) is 0 Å². The first kappa shape index (κ1) is 23.0. The summed E-state index contributed by atoms with van der Waals surface area (Å²) < 4.78 is 33.4. The zero-order chi connectivity index (χ0) is 23.6. The van der Waals surface area contributed by atoms with Gasteiger partial charge in [-0.25, -0.2) is 13.6 Å². The van der Waals surface area contributed by atoms with Crippen LogP contribution in [0.1, 0.15) is 89.0 Å². The number of hydrogen-bond acceptors (Lipinski definition) is 3. The van der Waals surface area contributed by atoms with Crippen LogP contribution in [0, 0.1) is 12.8 Å². The van der Waals surface area contributed by atoms with Crippen molar-refractivity contribution in [2.45, 2.75) is 101 Å². The molecule has 2 N–H and O–H groups in total. The molecule has 2 aromatic rings. The summed E-state index contributed by atoms with van der Waals surface area (Å²) in [5.41, 5.74) is 5.50. The van der Waals surface area contributed by atoms with Crippen molar-refractivity contribution in [1.82, 2.24) is 4.57 Å². The monoisotopic (exact) mass is 470 g/mol. The second-order valence-electron chi connectivity index (χ2n) is 11.7. The first-order valence-electron chi connectivity index (χ1n) is 12.5. The Labute approximate surface area is 198 Å². The molecular formula is C27H38N2O3S. The lowest BCUT2D eigenvalue weighted by molar-refractivity contribution is 0.254. The zero-order valence-corrected chi connectivity index (χ0v) is 21.4. The van der Waals surface area contributed by atoms with E-state index in [4.69, 9.17) is 9.88 Å². The Bertz CT molecular complexity index is 1160. The number of hydrogen-bond donors (Lipinski definition) is 1. The maximum atomic E-state index is 12.5. The molecule has 2 saturated carbocycles. The molecule has 2 heterocycles. The van der Waals surface area contributed by atoms with Crippen molar-refractivity contribution in [2.75, 3.05) is 6.61 Å². The maximum Gasteiger partial charge on any atom is 0.239 e. The van der Waals surface area contributed by atoms with Gasteiger partial charge < -0.3 is 9.30 Å². The Morgan fingerprint density at radius 1 is 1.09 bits per heavy atom. The number of nitrogens with zero attached hydrogens (tertiary/aromatic N) is 1. The number of fused-ring (bicyclic) bond motifs is 2. The molecular weight excluding hydrogens is 432 g/mol. The van der Waals surface area contributed by atoms with E-state index in [0.29, 0.717) is 5.92 Å². The molecule has 0 unspecified atom stereocenters. The molecule has 6 heteroatoms. The highest BCUT2D eigenvalue weighted by atomic mass is 32.2. The van der Waals surface area contributed by atoms with Crippen LogP contribution in [0.3, 0.4) is 0 Å². The quantitative estimate of drug-likeness (QED) is 0.613. The van der Waals surface area contributed by atoms with Gasteiger partial charge in [-0.05, 0) is 74.1 Å². The molecule has 180 valence electrons. The van der Waals surface area contributed by atoms with E-state index in [1.54, 1.807) is 0 Å². The molecule has 1 aliphatic heterocycles. The molecule has 1 spiro atoms. The van der Waals surface area contributed by atoms with Gasteiger partial charge in [0, 0.05) is 34.5 Å². The number of ether oxygens (including phenoxy) is 1. The van der Waals surface area contributed by atoms with Gasteiger partial charge in [-0.3, -0.25) is 0 Å². The molecule has 2 aliphatic carbocycles. The minimum Gasteiger partial charge on any atom is -0.493 e. The standard InChI is InChI=1S/C27H38N2O3S/c1-18-24(33(28,30)31)16-23(29(18)17-19-8-6-5-7-9-19)20-14-21(26(2,3)4)25-22(15-20)27(10-11-27)12-13-32-25/h14-16,19H,5-13,17H2,1-4H3,(H2,28,30,31). The predicted molar refractivity (Wildman–Crippen MR) is 132 cm³/mol. The van der Waals surface area contributed by atoms with Crippen LogP contribution in [0.15, 0.2) is 23.1 Å². The summed E-state index contributed by atoms with van der Waals surface area (Å²) in [4.78, 5) is 0.251. The molecule has 33 heavy (non-hydrogen) atoms. The molecule has 0 radical (unpaired) electrons. The van der Waals surface area contributed by atoms with Gasteiger partial charge in [0.15, 0.2) is 0 Å². The van der Waals surface area contributed by atoms with Crippen LogP contribution in [-0.2, 0) is 27.4 Å². The molecule has 0 amide bonds. The number of rotatable bonds is 4. The Kier molecular flexibility index (Phi) is 5.48. The Morgan fingerprint density at radius 3 is 2.39 bits per heavy atom. The highest BCUT2D eigenvalue weighted by Crippen LogP contribution is 2.58. The van der Waals surface area contributed by atoms with E-state index < -0.39 is 10.0 Å². The van der Waals surface area contributed by atoms with E-state index in [-0.39, 0.29) is 15.7 Å². The second kappa shape index (κ2) is 7.88. The van der Waals surface area contributed by atoms with Crippen LogP contribution in [-0.4, -0.2) is 19.6 Å². The van der Waals surface area contributed by atoms with E-state index in [2.05, 4.69) is 37.5 Å². The summed E-state index contributed by atoms with van der Waals surface area (Å²) in [6.45, 7) is 10.2. The highest BCUT2D eigenvalue weighted by molar-refractivity contribution is 7.89. The van der Waals surface area contributed by atoms with Crippen molar-refractivity contribution in [3.05, 3.63) is 35.0 Å². The van der Waals surface area contributed by atoms with Crippen molar-refractivity contribution < 1.29 is 13.2 Å². The fourth-order valence-corrected chi connectivity index (χ4v) is 6.85. The van der Waals surface area contributed by atoms with Gasteiger partial charge in [0.25, 0.3) is 0 Å². The van der Waals surface area contributed by atoms with E-state index in [9.17, 15) is 8.42 Å². The molecule has 2 fully saturated rings.